The average molecular weight is 688 g/mol. The Morgan fingerprint density at radius 1 is 0.333 bits per heavy atom. The van der Waals surface area contributed by atoms with Crippen molar-refractivity contribution in [3.63, 3.8) is 0 Å². The Balaban J connectivity index is 1.93. The third-order valence-corrected chi connectivity index (χ3v) is 49.5. The zero-order valence-electron chi connectivity index (χ0n) is 24.9. The van der Waals surface area contributed by atoms with Gasteiger partial charge in [-0.2, -0.15) is 0 Å². The van der Waals surface area contributed by atoms with Crippen molar-refractivity contribution < 1.29 is 0 Å². The number of hydrogen-bond donors (Lipinski definition) is 0. The fraction of sp³-hybridized carbons (Fsp3) is 0.250. The molecule has 0 saturated heterocycles. The van der Waals surface area contributed by atoms with Gasteiger partial charge >= 0.3 is 254 Å². The van der Waals surface area contributed by atoms with Gasteiger partial charge in [0, 0.05) is 0 Å². The quantitative estimate of drug-likeness (QED) is 0.201. The first-order chi connectivity index (χ1) is 18.4. The van der Waals surface area contributed by atoms with Crippen LogP contribution in [0.2, 0.25) is 52.4 Å². The molecule has 4 aromatic rings. The zero-order valence-corrected chi connectivity index (χ0v) is 31.8. The third kappa shape index (κ3) is 6.37. The van der Waals surface area contributed by atoms with Crippen molar-refractivity contribution in [2.75, 3.05) is 0 Å². The zero-order chi connectivity index (χ0) is 28.3. The fourth-order valence-electron chi connectivity index (χ4n) is 5.90. The van der Waals surface area contributed by atoms with Crippen LogP contribution >= 0.6 is 0 Å². The van der Waals surface area contributed by atoms with E-state index in [0.29, 0.717) is 0 Å². The molecule has 0 unspecified atom stereocenters. The van der Waals surface area contributed by atoms with Gasteiger partial charge in [0.2, 0.25) is 0 Å². The monoisotopic (exact) mass is 688 g/mol. The second kappa shape index (κ2) is 12.1. The molecule has 4 rings (SSSR count). The van der Waals surface area contributed by atoms with Gasteiger partial charge in [-0.25, -0.2) is 0 Å². The predicted molar refractivity (Wildman–Crippen MR) is 184 cm³/mol. The van der Waals surface area contributed by atoms with Crippen molar-refractivity contribution in [1.29, 1.82) is 0 Å². The molecule has 0 heterocycles. The van der Waals surface area contributed by atoms with Crippen molar-refractivity contribution in [3.8, 4) is 0 Å². The normalized spacial score (nSPS) is 13.2. The van der Waals surface area contributed by atoms with E-state index in [1.807, 2.05) is 0 Å². The molecule has 0 bridgehead atoms. The van der Waals surface area contributed by atoms with Gasteiger partial charge in [0.05, 0.1) is 0 Å². The summed E-state index contributed by atoms with van der Waals surface area (Å²) in [5.41, 5.74) is 0. The summed E-state index contributed by atoms with van der Waals surface area (Å²) in [5, 5.41) is 6.22. The molecule has 39 heavy (non-hydrogen) atoms. The summed E-state index contributed by atoms with van der Waals surface area (Å²) in [7, 11) is -7.90. The van der Waals surface area contributed by atoms with Crippen LogP contribution in [-0.4, -0.2) is 59.5 Å². The van der Waals surface area contributed by atoms with E-state index < -0.39 is 54.6 Å². The molecule has 0 aliphatic rings. The van der Waals surface area contributed by atoms with Gasteiger partial charge in [-0.1, -0.05) is 0 Å². The molecule has 0 saturated carbocycles. The van der Waals surface area contributed by atoms with Gasteiger partial charge in [0.25, 0.3) is 0 Å². The molecule has 0 aromatic heterocycles. The average Bonchev–Trinajstić information content (AvgIpc) is 2.94. The summed E-state index contributed by atoms with van der Waals surface area (Å²) in [4.78, 5) is 0. The van der Waals surface area contributed by atoms with E-state index in [2.05, 4.69) is 179 Å². The number of hydrogen-bond acceptors (Lipinski definition) is 2. The van der Waals surface area contributed by atoms with Gasteiger partial charge < -0.3 is 0 Å². The van der Waals surface area contributed by atoms with Gasteiger partial charge in [-0.3, -0.25) is 0 Å². The molecule has 202 valence electrons. The Bertz CT molecular complexity index is 1120. The van der Waals surface area contributed by atoms with Crippen molar-refractivity contribution in [2.24, 2.45) is 0 Å². The maximum absolute atomic E-state index is 3.21. The van der Waals surface area contributed by atoms with Crippen molar-refractivity contribution >= 4 is 75.4 Å². The van der Waals surface area contributed by atoms with Crippen molar-refractivity contribution in [2.45, 2.75) is 52.4 Å². The molecule has 0 aliphatic heterocycles. The maximum atomic E-state index is 3.21. The van der Waals surface area contributed by atoms with E-state index >= 15 is 0 Å². The topological polar surface area (TPSA) is 6.48 Å². The molecule has 4 aromatic carbocycles. The van der Waals surface area contributed by atoms with Crippen LogP contribution in [0.1, 0.15) is 0 Å². The Morgan fingerprint density at radius 2 is 0.513 bits per heavy atom. The summed E-state index contributed by atoms with van der Waals surface area (Å²) in [6.45, 7) is 20.9. The Morgan fingerprint density at radius 3 is 0.692 bits per heavy atom. The van der Waals surface area contributed by atoms with Crippen LogP contribution in [0.15, 0.2) is 121 Å². The summed E-state index contributed by atoms with van der Waals surface area (Å²) >= 11 is -1.25. The van der Waals surface area contributed by atoms with E-state index in [4.69, 9.17) is 0 Å². The Labute approximate surface area is 252 Å². The van der Waals surface area contributed by atoms with Crippen molar-refractivity contribution in [3.05, 3.63) is 121 Å². The summed E-state index contributed by atoms with van der Waals surface area (Å²) in [6.07, 6.45) is 0. The first-order valence-electron chi connectivity index (χ1n) is 14.0. The molecule has 0 amide bonds. The van der Waals surface area contributed by atoms with Crippen LogP contribution in [0.3, 0.4) is 0 Å². The van der Waals surface area contributed by atoms with Crippen LogP contribution in [0.5, 0.6) is 0 Å². The first kappa shape index (κ1) is 30.4. The van der Waals surface area contributed by atoms with Crippen LogP contribution in [0, 0.1) is 0 Å². The summed E-state index contributed by atoms with van der Waals surface area (Å²) in [6, 6.07) is 45.8. The third-order valence-electron chi connectivity index (χ3n) is 8.36. The van der Waals surface area contributed by atoms with Crippen LogP contribution in [0.25, 0.3) is 0 Å². The molecule has 7 heteroatoms. The van der Waals surface area contributed by atoms with Gasteiger partial charge in [-0.15, -0.1) is 0 Å². The standard InChI is InChI=1S/2C16H22NSi2.Sn/c2*1-18(2,15-11-7-5-8-12-15)17-19(3,4)16-13-9-6-10-14-16;/h2*5-14H,1-4H3;/q2*-1;+2. The summed E-state index contributed by atoms with van der Waals surface area (Å²) in [5.74, 6) is 0. The van der Waals surface area contributed by atoms with Crippen LogP contribution < -0.4 is 20.7 Å². The molecule has 0 aliphatic carbocycles. The van der Waals surface area contributed by atoms with E-state index in [1.165, 1.54) is 0 Å². The Kier molecular flexibility index (Phi) is 9.47. The van der Waals surface area contributed by atoms with E-state index in [-0.39, 0.29) is 0 Å². The molecule has 0 N–H and O–H groups in total. The molecule has 0 atom stereocenters. The van der Waals surface area contributed by atoms with Gasteiger partial charge in [-0.05, 0) is 0 Å². The van der Waals surface area contributed by atoms with Crippen molar-refractivity contribution in [1.82, 2.24) is 4.91 Å². The minimum atomic E-state index is -1.98. The van der Waals surface area contributed by atoms with E-state index in [1.54, 1.807) is 20.7 Å². The molecule has 2 radical (unpaired) electrons. The number of rotatable bonds is 10. The van der Waals surface area contributed by atoms with Gasteiger partial charge in [0.1, 0.15) is 0 Å². The summed E-state index contributed by atoms with van der Waals surface area (Å²) < 4.78 is 6.42. The van der Waals surface area contributed by atoms with Gasteiger partial charge in [0.15, 0.2) is 0 Å². The number of benzene rings is 4. The predicted octanol–water partition coefficient (Wildman–Crippen LogP) is 5.57. The number of nitrogens with zero attached hydrogens (tertiary/aromatic N) is 2. The molecule has 0 spiro atoms. The molecule has 0 fully saturated rings. The van der Waals surface area contributed by atoms with Crippen LogP contribution in [0.4, 0.5) is 0 Å². The van der Waals surface area contributed by atoms with Crippen LogP contribution in [-0.2, 0) is 0 Å². The van der Waals surface area contributed by atoms with E-state index in [9.17, 15) is 0 Å². The second-order valence-corrected chi connectivity index (χ2v) is 38.2. The fourth-order valence-corrected chi connectivity index (χ4v) is 43.6. The first-order valence-corrected chi connectivity index (χ1v) is 28.3. The molecular formula is C32H44N2Si4Sn. The second-order valence-electron chi connectivity index (χ2n) is 12.5. The SMILES string of the molecule is C[Si](C)(c1ccccc1)[N]([Sn][N]([Si](C)(C)c1ccccc1)[Si](C)(C)c1ccccc1)[Si](C)(C)c1ccccc1. The molecular weight excluding hydrogens is 643 g/mol. The minimum absolute atomic E-state index is 1.25. The molecule has 2 nitrogen and oxygen atoms in total. The Hall–Kier alpha value is -1.53. The van der Waals surface area contributed by atoms with E-state index in [0.717, 1.165) is 0 Å².